The molecule has 1 rings (SSSR count). The third kappa shape index (κ3) is 4.78. The van der Waals surface area contributed by atoms with E-state index >= 15 is 0 Å². The monoisotopic (exact) mass is 229 g/mol. The van der Waals surface area contributed by atoms with E-state index in [-0.39, 0.29) is 0 Å². The Morgan fingerprint density at radius 3 is 2.40 bits per heavy atom. The van der Waals surface area contributed by atoms with Gasteiger partial charge in [0.2, 0.25) is 0 Å². The standard InChI is InChI=1S/C13H27NS/c1-4-5-8-14(13-6-7-13)9-12(10-15)11(2)3/h11-13,15H,4-10H2,1-3H3. The highest BCUT2D eigenvalue weighted by Gasteiger charge is 2.30. The average Bonchev–Trinajstić information content (AvgIpc) is 3.01. The minimum Gasteiger partial charge on any atom is -0.300 e. The van der Waals surface area contributed by atoms with Gasteiger partial charge in [0, 0.05) is 12.6 Å². The van der Waals surface area contributed by atoms with Crippen LogP contribution in [0.25, 0.3) is 0 Å². The molecule has 0 radical (unpaired) electrons. The summed E-state index contributed by atoms with van der Waals surface area (Å²) in [6, 6.07) is 0.915. The molecule has 0 amide bonds. The normalized spacial score (nSPS) is 18.8. The molecule has 1 unspecified atom stereocenters. The molecule has 0 aliphatic heterocycles. The Labute approximate surface area is 101 Å². The van der Waals surface area contributed by atoms with Crippen molar-refractivity contribution in [2.75, 3.05) is 18.8 Å². The summed E-state index contributed by atoms with van der Waals surface area (Å²) in [6.45, 7) is 9.51. The predicted molar refractivity (Wildman–Crippen MR) is 71.7 cm³/mol. The van der Waals surface area contributed by atoms with E-state index in [4.69, 9.17) is 0 Å². The molecular formula is C13H27NS. The Kier molecular flexibility index (Phi) is 6.06. The van der Waals surface area contributed by atoms with Gasteiger partial charge in [0.15, 0.2) is 0 Å². The molecule has 15 heavy (non-hydrogen) atoms. The molecule has 0 aromatic carbocycles. The summed E-state index contributed by atoms with van der Waals surface area (Å²) in [5.41, 5.74) is 0. The lowest BCUT2D eigenvalue weighted by Crippen LogP contribution is -2.35. The van der Waals surface area contributed by atoms with E-state index in [9.17, 15) is 0 Å². The van der Waals surface area contributed by atoms with Crippen LogP contribution in [0.15, 0.2) is 0 Å². The first-order chi connectivity index (χ1) is 7.19. The zero-order valence-electron chi connectivity index (χ0n) is 10.6. The van der Waals surface area contributed by atoms with Crippen LogP contribution in [-0.2, 0) is 0 Å². The molecule has 1 nitrogen and oxygen atoms in total. The highest BCUT2D eigenvalue weighted by molar-refractivity contribution is 7.80. The molecule has 1 fully saturated rings. The molecule has 0 saturated heterocycles. The maximum atomic E-state index is 4.48. The van der Waals surface area contributed by atoms with E-state index in [2.05, 4.69) is 38.3 Å². The van der Waals surface area contributed by atoms with Crippen LogP contribution in [-0.4, -0.2) is 29.8 Å². The minimum atomic E-state index is 0.769. The summed E-state index contributed by atoms with van der Waals surface area (Å²) >= 11 is 4.48. The van der Waals surface area contributed by atoms with Crippen LogP contribution >= 0.6 is 12.6 Å². The Morgan fingerprint density at radius 2 is 2.00 bits per heavy atom. The number of hydrogen-bond acceptors (Lipinski definition) is 2. The lowest BCUT2D eigenvalue weighted by molar-refractivity contribution is 0.203. The SMILES string of the molecule is CCCCN(CC(CS)C(C)C)C1CC1. The summed E-state index contributed by atoms with van der Waals surface area (Å²) in [5, 5.41) is 0. The molecule has 0 aromatic rings. The summed E-state index contributed by atoms with van der Waals surface area (Å²) in [7, 11) is 0. The molecule has 1 atom stereocenters. The fraction of sp³-hybridized carbons (Fsp3) is 1.00. The van der Waals surface area contributed by atoms with Crippen molar-refractivity contribution in [1.29, 1.82) is 0 Å². The van der Waals surface area contributed by atoms with Gasteiger partial charge >= 0.3 is 0 Å². The molecule has 2 heteroatoms. The van der Waals surface area contributed by atoms with Crippen LogP contribution in [0, 0.1) is 11.8 Å². The zero-order valence-corrected chi connectivity index (χ0v) is 11.5. The van der Waals surface area contributed by atoms with Gasteiger partial charge in [-0.25, -0.2) is 0 Å². The maximum absolute atomic E-state index is 4.48. The number of thiol groups is 1. The second kappa shape index (κ2) is 6.80. The lowest BCUT2D eigenvalue weighted by atomic mass is 9.97. The van der Waals surface area contributed by atoms with E-state index in [1.807, 2.05) is 0 Å². The smallest absolute Gasteiger partial charge is 0.00965 e. The first-order valence-corrected chi connectivity index (χ1v) is 7.17. The molecule has 0 N–H and O–H groups in total. The number of hydrogen-bond donors (Lipinski definition) is 1. The second-order valence-corrected chi connectivity index (χ2v) is 5.63. The van der Waals surface area contributed by atoms with Gasteiger partial charge in [-0.2, -0.15) is 12.6 Å². The Balaban J connectivity index is 2.34. The quantitative estimate of drug-likeness (QED) is 0.624. The largest absolute Gasteiger partial charge is 0.300 e. The third-order valence-electron chi connectivity index (χ3n) is 3.51. The minimum absolute atomic E-state index is 0.769. The first kappa shape index (κ1) is 13.4. The third-order valence-corrected chi connectivity index (χ3v) is 3.98. The maximum Gasteiger partial charge on any atom is 0.00965 e. The van der Waals surface area contributed by atoms with Gasteiger partial charge in [0.1, 0.15) is 0 Å². The first-order valence-electron chi connectivity index (χ1n) is 6.54. The van der Waals surface area contributed by atoms with Crippen molar-refractivity contribution in [2.24, 2.45) is 11.8 Å². The van der Waals surface area contributed by atoms with Gasteiger partial charge < -0.3 is 4.90 Å². The summed E-state index contributed by atoms with van der Waals surface area (Å²) in [5.74, 6) is 2.57. The van der Waals surface area contributed by atoms with Gasteiger partial charge in [-0.15, -0.1) is 0 Å². The van der Waals surface area contributed by atoms with Crippen molar-refractivity contribution in [3.8, 4) is 0 Å². The average molecular weight is 229 g/mol. The van der Waals surface area contributed by atoms with Crippen LogP contribution in [0.5, 0.6) is 0 Å². The predicted octanol–water partition coefficient (Wildman–Crippen LogP) is 3.45. The van der Waals surface area contributed by atoms with E-state index < -0.39 is 0 Å². The molecule has 1 aliphatic rings. The van der Waals surface area contributed by atoms with E-state index in [1.54, 1.807) is 0 Å². The Hall–Kier alpha value is 0.310. The van der Waals surface area contributed by atoms with Crippen LogP contribution in [0.2, 0.25) is 0 Å². The molecule has 1 aliphatic carbocycles. The van der Waals surface area contributed by atoms with Crippen molar-refractivity contribution in [2.45, 2.75) is 52.5 Å². The van der Waals surface area contributed by atoms with E-state index in [1.165, 1.54) is 38.8 Å². The van der Waals surface area contributed by atoms with Gasteiger partial charge in [-0.05, 0) is 43.4 Å². The van der Waals surface area contributed by atoms with Crippen molar-refractivity contribution in [3.63, 3.8) is 0 Å². The molecular weight excluding hydrogens is 202 g/mol. The molecule has 1 saturated carbocycles. The van der Waals surface area contributed by atoms with Gasteiger partial charge in [-0.3, -0.25) is 0 Å². The van der Waals surface area contributed by atoms with Gasteiger partial charge in [-0.1, -0.05) is 27.2 Å². The Bertz CT molecular complexity index is 166. The summed E-state index contributed by atoms with van der Waals surface area (Å²) in [6.07, 6.45) is 5.53. The molecule has 0 bridgehead atoms. The van der Waals surface area contributed by atoms with Crippen molar-refractivity contribution >= 4 is 12.6 Å². The fourth-order valence-electron chi connectivity index (χ4n) is 2.00. The number of unbranched alkanes of at least 4 members (excludes halogenated alkanes) is 1. The molecule has 0 aromatic heterocycles. The van der Waals surface area contributed by atoms with Crippen molar-refractivity contribution < 1.29 is 0 Å². The topological polar surface area (TPSA) is 3.24 Å². The van der Waals surface area contributed by atoms with Gasteiger partial charge in [0.25, 0.3) is 0 Å². The molecule has 90 valence electrons. The highest BCUT2D eigenvalue weighted by atomic mass is 32.1. The number of rotatable bonds is 8. The fourth-order valence-corrected chi connectivity index (χ4v) is 2.54. The van der Waals surface area contributed by atoms with Crippen LogP contribution < -0.4 is 0 Å². The van der Waals surface area contributed by atoms with E-state index in [0.717, 1.165) is 23.6 Å². The van der Waals surface area contributed by atoms with Crippen LogP contribution in [0.1, 0.15) is 46.5 Å². The molecule has 0 spiro atoms. The summed E-state index contributed by atoms with van der Waals surface area (Å²) in [4.78, 5) is 2.71. The zero-order chi connectivity index (χ0) is 11.3. The number of nitrogens with zero attached hydrogens (tertiary/aromatic N) is 1. The second-order valence-electron chi connectivity index (χ2n) is 5.27. The lowest BCUT2D eigenvalue weighted by Gasteiger charge is -2.28. The van der Waals surface area contributed by atoms with Crippen LogP contribution in [0.3, 0.4) is 0 Å². The van der Waals surface area contributed by atoms with Crippen molar-refractivity contribution in [1.82, 2.24) is 4.90 Å². The van der Waals surface area contributed by atoms with Gasteiger partial charge in [0.05, 0.1) is 0 Å². The summed E-state index contributed by atoms with van der Waals surface area (Å²) < 4.78 is 0. The Morgan fingerprint density at radius 1 is 1.33 bits per heavy atom. The van der Waals surface area contributed by atoms with Crippen molar-refractivity contribution in [3.05, 3.63) is 0 Å². The molecule has 0 heterocycles. The van der Waals surface area contributed by atoms with E-state index in [0.29, 0.717) is 0 Å². The highest BCUT2D eigenvalue weighted by Crippen LogP contribution is 2.29. The van der Waals surface area contributed by atoms with Crippen LogP contribution in [0.4, 0.5) is 0 Å².